The first-order chi connectivity index (χ1) is 6.14. The van der Waals surface area contributed by atoms with Gasteiger partial charge in [0.1, 0.15) is 0 Å². The Balaban J connectivity index is 2.19. The first-order valence-electron chi connectivity index (χ1n) is 5.61. The third-order valence-corrected chi connectivity index (χ3v) is 2.73. The largest absolute Gasteiger partial charge is 0.309 e. The fourth-order valence-corrected chi connectivity index (χ4v) is 2.02. The van der Waals surface area contributed by atoms with Crippen molar-refractivity contribution < 1.29 is 0 Å². The lowest BCUT2D eigenvalue weighted by atomic mass is 10.0. The Kier molecular flexibility index (Phi) is 4.20. The number of nitrogens with one attached hydrogen (secondary N) is 1. The van der Waals surface area contributed by atoms with E-state index in [4.69, 9.17) is 0 Å². The molecule has 0 spiro atoms. The van der Waals surface area contributed by atoms with Gasteiger partial charge in [-0.2, -0.15) is 0 Å². The van der Waals surface area contributed by atoms with Gasteiger partial charge in [-0.15, -0.1) is 0 Å². The SMILES string of the molecule is CCCCCN1CCNC(C)(C)C1. The van der Waals surface area contributed by atoms with Crippen LogP contribution in [0.4, 0.5) is 0 Å². The van der Waals surface area contributed by atoms with Gasteiger partial charge in [0.05, 0.1) is 0 Å². The second-order valence-electron chi connectivity index (χ2n) is 4.79. The molecule has 2 heteroatoms. The van der Waals surface area contributed by atoms with Crippen LogP contribution < -0.4 is 5.32 Å². The van der Waals surface area contributed by atoms with E-state index in [1.807, 2.05) is 0 Å². The van der Waals surface area contributed by atoms with Crippen LogP contribution in [-0.2, 0) is 0 Å². The minimum Gasteiger partial charge on any atom is -0.309 e. The first kappa shape index (κ1) is 11.0. The van der Waals surface area contributed by atoms with E-state index < -0.39 is 0 Å². The van der Waals surface area contributed by atoms with Gasteiger partial charge in [0, 0.05) is 25.2 Å². The summed E-state index contributed by atoms with van der Waals surface area (Å²) in [6, 6.07) is 0. The normalized spacial score (nSPS) is 23.3. The molecule has 1 fully saturated rings. The van der Waals surface area contributed by atoms with E-state index in [0.717, 1.165) is 6.54 Å². The zero-order valence-electron chi connectivity index (χ0n) is 9.40. The third kappa shape index (κ3) is 4.10. The topological polar surface area (TPSA) is 15.3 Å². The summed E-state index contributed by atoms with van der Waals surface area (Å²) in [6.07, 6.45) is 4.08. The zero-order chi connectivity index (χ0) is 9.73. The van der Waals surface area contributed by atoms with Gasteiger partial charge in [0.25, 0.3) is 0 Å². The maximum Gasteiger partial charge on any atom is 0.0252 e. The van der Waals surface area contributed by atoms with E-state index in [2.05, 4.69) is 31.0 Å². The minimum atomic E-state index is 0.324. The number of nitrogens with zero attached hydrogens (tertiary/aromatic N) is 1. The lowest BCUT2D eigenvalue weighted by Crippen LogP contribution is -2.57. The Morgan fingerprint density at radius 3 is 2.69 bits per heavy atom. The highest BCUT2D eigenvalue weighted by atomic mass is 15.2. The second-order valence-corrected chi connectivity index (χ2v) is 4.79. The van der Waals surface area contributed by atoms with Gasteiger partial charge in [-0.25, -0.2) is 0 Å². The van der Waals surface area contributed by atoms with Crippen LogP contribution >= 0.6 is 0 Å². The highest BCUT2D eigenvalue weighted by Gasteiger charge is 2.24. The van der Waals surface area contributed by atoms with E-state index in [0.29, 0.717) is 5.54 Å². The summed E-state index contributed by atoms with van der Waals surface area (Å²) in [6.45, 7) is 11.7. The van der Waals surface area contributed by atoms with Crippen molar-refractivity contribution in [1.29, 1.82) is 0 Å². The predicted octanol–water partition coefficient (Wildman–Crippen LogP) is 1.86. The number of piperazine rings is 1. The zero-order valence-corrected chi connectivity index (χ0v) is 9.40. The molecule has 1 rings (SSSR count). The first-order valence-corrected chi connectivity index (χ1v) is 5.61. The highest BCUT2D eigenvalue weighted by molar-refractivity contribution is 4.86. The van der Waals surface area contributed by atoms with Crippen molar-refractivity contribution in [3.63, 3.8) is 0 Å². The van der Waals surface area contributed by atoms with E-state index in [1.165, 1.54) is 38.9 Å². The molecule has 1 saturated heterocycles. The van der Waals surface area contributed by atoms with Gasteiger partial charge in [-0.3, -0.25) is 0 Å². The van der Waals surface area contributed by atoms with Gasteiger partial charge in [-0.1, -0.05) is 19.8 Å². The Morgan fingerprint density at radius 1 is 1.31 bits per heavy atom. The molecule has 0 aromatic rings. The smallest absolute Gasteiger partial charge is 0.0252 e. The van der Waals surface area contributed by atoms with Crippen LogP contribution in [0.3, 0.4) is 0 Å². The van der Waals surface area contributed by atoms with Crippen LogP contribution in [0.2, 0.25) is 0 Å². The van der Waals surface area contributed by atoms with Crippen LogP contribution in [0.1, 0.15) is 40.0 Å². The fraction of sp³-hybridized carbons (Fsp3) is 1.00. The quantitative estimate of drug-likeness (QED) is 0.671. The lowest BCUT2D eigenvalue weighted by molar-refractivity contribution is 0.152. The lowest BCUT2D eigenvalue weighted by Gasteiger charge is -2.39. The average molecular weight is 184 g/mol. The van der Waals surface area contributed by atoms with Crippen LogP contribution in [-0.4, -0.2) is 36.6 Å². The van der Waals surface area contributed by atoms with Crippen molar-refractivity contribution in [3.05, 3.63) is 0 Å². The molecule has 13 heavy (non-hydrogen) atoms. The molecule has 0 amide bonds. The van der Waals surface area contributed by atoms with Crippen LogP contribution in [0, 0.1) is 0 Å². The van der Waals surface area contributed by atoms with Crippen LogP contribution in [0.15, 0.2) is 0 Å². The Morgan fingerprint density at radius 2 is 2.08 bits per heavy atom. The molecule has 0 radical (unpaired) electrons. The molecule has 1 heterocycles. The number of unbranched alkanes of at least 4 members (excludes halogenated alkanes) is 2. The molecule has 0 aromatic carbocycles. The molecule has 78 valence electrons. The molecule has 0 atom stereocenters. The summed E-state index contributed by atoms with van der Waals surface area (Å²) >= 11 is 0. The molecule has 0 bridgehead atoms. The molecule has 1 aliphatic heterocycles. The van der Waals surface area contributed by atoms with E-state index in [1.54, 1.807) is 0 Å². The molecule has 1 N–H and O–H groups in total. The van der Waals surface area contributed by atoms with Crippen molar-refractivity contribution in [2.24, 2.45) is 0 Å². The predicted molar refractivity (Wildman–Crippen MR) is 58.0 cm³/mol. The van der Waals surface area contributed by atoms with Crippen LogP contribution in [0.5, 0.6) is 0 Å². The van der Waals surface area contributed by atoms with Crippen molar-refractivity contribution in [3.8, 4) is 0 Å². The van der Waals surface area contributed by atoms with Gasteiger partial charge in [0.2, 0.25) is 0 Å². The highest BCUT2D eigenvalue weighted by Crippen LogP contribution is 2.10. The van der Waals surface area contributed by atoms with Crippen molar-refractivity contribution in [1.82, 2.24) is 10.2 Å². The van der Waals surface area contributed by atoms with Gasteiger partial charge < -0.3 is 10.2 Å². The molecule has 0 unspecified atom stereocenters. The Hall–Kier alpha value is -0.0800. The fourth-order valence-electron chi connectivity index (χ4n) is 2.02. The summed E-state index contributed by atoms with van der Waals surface area (Å²) < 4.78 is 0. The monoisotopic (exact) mass is 184 g/mol. The molecular weight excluding hydrogens is 160 g/mol. The number of hydrogen-bond donors (Lipinski definition) is 1. The average Bonchev–Trinajstić information content (AvgIpc) is 2.03. The van der Waals surface area contributed by atoms with Gasteiger partial charge in [0.15, 0.2) is 0 Å². The van der Waals surface area contributed by atoms with E-state index in [9.17, 15) is 0 Å². The molecule has 0 saturated carbocycles. The van der Waals surface area contributed by atoms with Crippen molar-refractivity contribution >= 4 is 0 Å². The van der Waals surface area contributed by atoms with Gasteiger partial charge >= 0.3 is 0 Å². The second kappa shape index (κ2) is 4.97. The van der Waals surface area contributed by atoms with E-state index in [-0.39, 0.29) is 0 Å². The molecule has 0 aromatic heterocycles. The third-order valence-electron chi connectivity index (χ3n) is 2.73. The standard InChI is InChI=1S/C11H24N2/c1-4-5-6-8-13-9-7-12-11(2,3)10-13/h12H,4-10H2,1-3H3. The van der Waals surface area contributed by atoms with Crippen LogP contribution in [0.25, 0.3) is 0 Å². The Labute approximate surface area is 82.7 Å². The summed E-state index contributed by atoms with van der Waals surface area (Å²) in [5.41, 5.74) is 0.324. The summed E-state index contributed by atoms with van der Waals surface area (Å²) in [5, 5.41) is 3.54. The minimum absolute atomic E-state index is 0.324. The van der Waals surface area contributed by atoms with Crippen molar-refractivity contribution in [2.75, 3.05) is 26.2 Å². The summed E-state index contributed by atoms with van der Waals surface area (Å²) in [7, 11) is 0. The molecule has 1 aliphatic rings. The molecule has 2 nitrogen and oxygen atoms in total. The summed E-state index contributed by atoms with van der Waals surface area (Å²) in [5.74, 6) is 0. The van der Waals surface area contributed by atoms with E-state index >= 15 is 0 Å². The van der Waals surface area contributed by atoms with Gasteiger partial charge in [-0.05, 0) is 26.8 Å². The Bertz CT molecular complexity index is 143. The molecular formula is C11H24N2. The maximum absolute atomic E-state index is 3.54. The summed E-state index contributed by atoms with van der Waals surface area (Å²) in [4.78, 5) is 2.59. The molecule has 0 aliphatic carbocycles. The van der Waals surface area contributed by atoms with Crippen molar-refractivity contribution in [2.45, 2.75) is 45.6 Å². The number of hydrogen-bond acceptors (Lipinski definition) is 2. The maximum atomic E-state index is 3.54. The number of rotatable bonds is 4.